The first-order valence-electron chi connectivity index (χ1n) is 8.63. The van der Waals surface area contributed by atoms with Gasteiger partial charge in [0.15, 0.2) is 0 Å². The molecule has 3 aromatic carbocycles. The van der Waals surface area contributed by atoms with Crippen LogP contribution in [0.5, 0.6) is 5.75 Å². The van der Waals surface area contributed by atoms with E-state index >= 15 is 0 Å². The number of halogens is 1. The molecule has 0 unspecified atom stereocenters. The van der Waals surface area contributed by atoms with Crippen LogP contribution in [-0.4, -0.2) is 28.0 Å². The van der Waals surface area contributed by atoms with Gasteiger partial charge in [0, 0.05) is 11.3 Å². The van der Waals surface area contributed by atoms with E-state index in [0.29, 0.717) is 38.7 Å². The van der Waals surface area contributed by atoms with Crippen LogP contribution in [0, 0.1) is 6.92 Å². The van der Waals surface area contributed by atoms with Gasteiger partial charge in [0.1, 0.15) is 16.8 Å². The van der Waals surface area contributed by atoms with Crippen molar-refractivity contribution in [1.29, 1.82) is 0 Å². The fraction of sp³-hybridized carbons (Fsp3) is 0.0952. The molecule has 1 amide bonds. The molecule has 4 aromatic rings. The van der Waals surface area contributed by atoms with E-state index in [1.807, 2.05) is 37.3 Å². The third-order valence-electron chi connectivity index (χ3n) is 4.39. The molecule has 0 spiro atoms. The summed E-state index contributed by atoms with van der Waals surface area (Å²) in [6.45, 7) is 1.91. The number of hydrogen-bond donors (Lipinski definition) is 1. The molecule has 0 radical (unpaired) electrons. The molecule has 7 heteroatoms. The molecule has 0 bridgehead atoms. The van der Waals surface area contributed by atoms with E-state index < -0.39 is 0 Å². The minimum absolute atomic E-state index is 0.160. The number of fused-ring (bicyclic) bond motifs is 1. The Hall–Kier alpha value is -3.38. The maximum absolute atomic E-state index is 12.5. The number of methoxy groups -OCH3 is 1. The summed E-state index contributed by atoms with van der Waals surface area (Å²) in [6, 6.07) is 18.2. The Labute approximate surface area is 166 Å². The van der Waals surface area contributed by atoms with Crippen molar-refractivity contribution in [1.82, 2.24) is 15.0 Å². The van der Waals surface area contributed by atoms with Gasteiger partial charge in [0.2, 0.25) is 0 Å². The van der Waals surface area contributed by atoms with Gasteiger partial charge in [-0.2, -0.15) is 4.80 Å². The highest BCUT2D eigenvalue weighted by Crippen LogP contribution is 2.27. The molecule has 0 aliphatic heterocycles. The lowest BCUT2D eigenvalue weighted by atomic mass is 10.1. The van der Waals surface area contributed by atoms with Crippen molar-refractivity contribution in [3.8, 4) is 11.4 Å². The average Bonchev–Trinajstić information content (AvgIpc) is 3.11. The van der Waals surface area contributed by atoms with Gasteiger partial charge in [-0.15, -0.1) is 10.2 Å². The second-order valence-electron chi connectivity index (χ2n) is 6.28. The highest BCUT2D eigenvalue weighted by atomic mass is 35.5. The fourth-order valence-corrected chi connectivity index (χ4v) is 3.17. The van der Waals surface area contributed by atoms with E-state index in [0.717, 1.165) is 5.56 Å². The summed E-state index contributed by atoms with van der Waals surface area (Å²) in [5, 5.41) is 12.3. The van der Waals surface area contributed by atoms with Gasteiger partial charge in [0.25, 0.3) is 5.91 Å². The van der Waals surface area contributed by atoms with E-state index in [1.165, 1.54) is 4.80 Å². The van der Waals surface area contributed by atoms with Crippen molar-refractivity contribution in [2.24, 2.45) is 0 Å². The van der Waals surface area contributed by atoms with Crippen molar-refractivity contribution in [2.45, 2.75) is 6.92 Å². The number of nitrogens with zero attached hydrogens (tertiary/aromatic N) is 3. The van der Waals surface area contributed by atoms with Crippen LogP contribution in [0.15, 0.2) is 60.7 Å². The summed E-state index contributed by atoms with van der Waals surface area (Å²) in [5.74, 6) is 0.426. The lowest BCUT2D eigenvalue weighted by Crippen LogP contribution is -2.13. The summed E-state index contributed by atoms with van der Waals surface area (Å²) >= 11 is 6.19. The van der Waals surface area contributed by atoms with E-state index in [2.05, 4.69) is 15.5 Å². The second kappa shape index (κ2) is 7.32. The Bertz CT molecular complexity index is 1190. The van der Waals surface area contributed by atoms with Crippen LogP contribution in [0.1, 0.15) is 15.9 Å². The van der Waals surface area contributed by atoms with Crippen molar-refractivity contribution in [3.05, 3.63) is 76.8 Å². The largest absolute Gasteiger partial charge is 0.495 e. The Kier molecular flexibility index (Phi) is 4.71. The average molecular weight is 393 g/mol. The van der Waals surface area contributed by atoms with Crippen molar-refractivity contribution >= 4 is 34.2 Å². The molecule has 28 heavy (non-hydrogen) atoms. The number of nitrogens with one attached hydrogen (secondary N) is 1. The summed E-state index contributed by atoms with van der Waals surface area (Å²) < 4.78 is 5.17. The van der Waals surface area contributed by atoms with Crippen molar-refractivity contribution in [2.75, 3.05) is 12.4 Å². The van der Waals surface area contributed by atoms with Gasteiger partial charge < -0.3 is 10.1 Å². The third-order valence-corrected chi connectivity index (χ3v) is 4.69. The van der Waals surface area contributed by atoms with Gasteiger partial charge in [-0.3, -0.25) is 4.79 Å². The Morgan fingerprint density at radius 1 is 1.04 bits per heavy atom. The minimum Gasteiger partial charge on any atom is -0.495 e. The van der Waals surface area contributed by atoms with E-state index in [9.17, 15) is 4.79 Å². The van der Waals surface area contributed by atoms with Gasteiger partial charge in [-0.1, -0.05) is 29.8 Å². The van der Waals surface area contributed by atoms with Crippen LogP contribution >= 0.6 is 11.6 Å². The van der Waals surface area contributed by atoms with Crippen LogP contribution in [0.3, 0.4) is 0 Å². The van der Waals surface area contributed by atoms with Crippen LogP contribution in [-0.2, 0) is 0 Å². The summed E-state index contributed by atoms with van der Waals surface area (Å²) in [6.07, 6.45) is 0. The minimum atomic E-state index is -0.160. The Morgan fingerprint density at radius 2 is 1.82 bits per heavy atom. The number of carbonyl (C=O) groups excluding carboxylic acids is 1. The molecule has 0 fully saturated rings. The van der Waals surface area contributed by atoms with Gasteiger partial charge in [0.05, 0.1) is 17.8 Å². The zero-order chi connectivity index (χ0) is 19.7. The molecule has 140 valence electrons. The molecule has 1 N–H and O–H groups in total. The number of amides is 1. The molecule has 1 aromatic heterocycles. The highest BCUT2D eigenvalue weighted by Gasteiger charge is 2.11. The fourth-order valence-electron chi connectivity index (χ4n) is 2.91. The Balaban J connectivity index is 1.62. The number of benzene rings is 3. The maximum Gasteiger partial charge on any atom is 0.255 e. The normalized spacial score (nSPS) is 10.8. The van der Waals surface area contributed by atoms with E-state index in [4.69, 9.17) is 16.3 Å². The molecule has 0 saturated heterocycles. The first-order valence-corrected chi connectivity index (χ1v) is 9.01. The second-order valence-corrected chi connectivity index (χ2v) is 6.69. The van der Waals surface area contributed by atoms with E-state index in [1.54, 1.807) is 37.4 Å². The van der Waals surface area contributed by atoms with Crippen LogP contribution in [0.25, 0.3) is 16.7 Å². The number of ether oxygens (including phenoxy) is 1. The smallest absolute Gasteiger partial charge is 0.255 e. The van der Waals surface area contributed by atoms with Crippen LogP contribution < -0.4 is 10.1 Å². The van der Waals surface area contributed by atoms with Crippen molar-refractivity contribution < 1.29 is 9.53 Å². The number of anilines is 1. The van der Waals surface area contributed by atoms with Crippen LogP contribution in [0.2, 0.25) is 5.02 Å². The number of carbonyl (C=O) groups is 1. The number of aryl methyl sites for hydroxylation is 1. The first kappa shape index (κ1) is 18.0. The highest BCUT2D eigenvalue weighted by molar-refractivity contribution is 6.32. The lowest BCUT2D eigenvalue weighted by Gasteiger charge is -2.07. The predicted octanol–water partition coefficient (Wildman–Crippen LogP) is 4.64. The molecule has 6 nitrogen and oxygen atoms in total. The van der Waals surface area contributed by atoms with Gasteiger partial charge in [-0.05, 0) is 55.0 Å². The standard InChI is InChI=1S/C21H17ClN4O2/c1-13-5-3-4-6-16(13)21(27)23-14-7-9-18-19(11-14)25-26(24-18)15-8-10-20(28-2)17(22)12-15/h3-12H,1-2H3,(H,23,27). The molecule has 0 saturated carbocycles. The molecule has 4 rings (SSSR count). The zero-order valence-corrected chi connectivity index (χ0v) is 16.1. The molecule has 1 heterocycles. The molecular weight excluding hydrogens is 376 g/mol. The summed E-state index contributed by atoms with van der Waals surface area (Å²) in [7, 11) is 1.56. The maximum atomic E-state index is 12.5. The quantitative estimate of drug-likeness (QED) is 0.549. The SMILES string of the molecule is COc1ccc(-n2nc3ccc(NC(=O)c4ccccc4C)cc3n2)cc1Cl. The zero-order valence-electron chi connectivity index (χ0n) is 15.3. The van der Waals surface area contributed by atoms with Crippen molar-refractivity contribution in [3.63, 3.8) is 0 Å². The summed E-state index contributed by atoms with van der Waals surface area (Å²) in [5.41, 5.74) is 4.30. The Morgan fingerprint density at radius 3 is 2.57 bits per heavy atom. The van der Waals surface area contributed by atoms with E-state index in [-0.39, 0.29) is 5.91 Å². The molecule has 0 aliphatic carbocycles. The van der Waals surface area contributed by atoms with Crippen LogP contribution in [0.4, 0.5) is 5.69 Å². The van der Waals surface area contributed by atoms with Gasteiger partial charge in [-0.25, -0.2) is 0 Å². The molecular formula is C21H17ClN4O2. The monoisotopic (exact) mass is 392 g/mol. The molecule has 0 atom stereocenters. The van der Waals surface area contributed by atoms with Gasteiger partial charge >= 0.3 is 0 Å². The molecule has 0 aliphatic rings. The number of rotatable bonds is 4. The summed E-state index contributed by atoms with van der Waals surface area (Å²) in [4.78, 5) is 14.0. The first-order chi connectivity index (χ1) is 13.5. The number of aromatic nitrogens is 3. The predicted molar refractivity (Wildman–Crippen MR) is 110 cm³/mol. The lowest BCUT2D eigenvalue weighted by molar-refractivity contribution is 0.102. The number of hydrogen-bond acceptors (Lipinski definition) is 4. The topological polar surface area (TPSA) is 69.0 Å². The third kappa shape index (κ3) is 3.42.